The predicted molar refractivity (Wildman–Crippen MR) is 512 cm³/mol. The molecule has 2 nitrogen and oxygen atoms in total. The standard InChI is InChI=1S/C58H35N.C32H19Br.C26H17N/c1-3-17-38(18-4-1)53-44-24-11-12-25-45(44)54(39-19-5-2-6-20-39)58-49-32-34-50(46-27-14-28-48(55(46)49)57(53)58)59-51-33-30-37-16-8-10-23-43(37)56(51)47-31-29-40(35-52(47)59)42-26-13-21-36-15-7-9-22-41(36)42;33-27-19-18-26-30-24(27)16-9-17-25(30)31-28(20-10-3-1-4-11-20)22-14-7-8-15-23(22)29(32(26)31)21-12-5-2-6-13-21;1-3-9-20-17(6-1)8-5-11-21(20)19-12-14-23-25(16-19)27-24-15-13-18-7-2-4-10-22(18)26(23)24/h1-35H;1-19H;1-16,27H. The van der Waals surface area contributed by atoms with Crippen LogP contribution >= 0.6 is 15.9 Å². The summed E-state index contributed by atoms with van der Waals surface area (Å²) in [6.45, 7) is 0. The summed E-state index contributed by atoms with van der Waals surface area (Å²) in [5, 5.41) is 25.7. The molecule has 0 atom stereocenters. The Kier molecular flexibility index (Phi) is 15.9. The monoisotopic (exact) mass is 1570 g/mol. The summed E-state index contributed by atoms with van der Waals surface area (Å²) in [6, 6.07) is 155. The first-order chi connectivity index (χ1) is 59.0. The lowest BCUT2D eigenvalue weighted by molar-refractivity contribution is 1.20. The minimum absolute atomic E-state index is 1.14. The highest BCUT2D eigenvalue weighted by Gasteiger charge is 2.34. The summed E-state index contributed by atoms with van der Waals surface area (Å²) in [5.41, 5.74) is 31.7. The highest BCUT2D eigenvalue weighted by Crippen LogP contribution is 2.61. The van der Waals surface area contributed by atoms with Crippen molar-refractivity contribution in [2.75, 3.05) is 0 Å². The van der Waals surface area contributed by atoms with E-state index in [1.807, 2.05) is 0 Å². The Morgan fingerprint density at radius 3 is 1.03 bits per heavy atom. The Morgan fingerprint density at radius 2 is 0.529 bits per heavy atom. The van der Waals surface area contributed by atoms with Crippen LogP contribution in [0.2, 0.25) is 0 Å². The minimum atomic E-state index is 1.14. The predicted octanol–water partition coefficient (Wildman–Crippen LogP) is 33.1. The molecule has 26 rings (SSSR count). The summed E-state index contributed by atoms with van der Waals surface area (Å²) in [4.78, 5) is 3.63. The number of nitrogens with one attached hydrogen (secondary N) is 1. The van der Waals surface area contributed by atoms with Crippen LogP contribution in [0, 0.1) is 0 Å². The molecule has 0 amide bonds. The number of aromatic nitrogens is 2. The number of halogens is 1. The van der Waals surface area contributed by atoms with E-state index in [2.05, 4.69) is 450 Å². The van der Waals surface area contributed by atoms with Crippen LogP contribution < -0.4 is 0 Å². The number of fused-ring (bicyclic) bond motifs is 20. The molecule has 22 aromatic carbocycles. The number of hydrogen-bond acceptors (Lipinski definition) is 0. The normalized spacial score (nSPS) is 11.9. The van der Waals surface area contributed by atoms with E-state index in [1.54, 1.807) is 0 Å². The Morgan fingerprint density at radius 1 is 0.176 bits per heavy atom. The van der Waals surface area contributed by atoms with Crippen molar-refractivity contribution >= 4 is 146 Å². The van der Waals surface area contributed by atoms with Crippen molar-refractivity contribution in [3.05, 3.63) is 429 Å². The van der Waals surface area contributed by atoms with Crippen molar-refractivity contribution in [2.45, 2.75) is 0 Å². The Hall–Kier alpha value is -15.0. The fourth-order valence-electron chi connectivity index (χ4n) is 20.4. The van der Waals surface area contributed by atoms with Gasteiger partial charge in [0.05, 0.1) is 16.7 Å². The quantitative estimate of drug-likeness (QED) is 0.164. The fourth-order valence-corrected chi connectivity index (χ4v) is 20.8. The topological polar surface area (TPSA) is 20.7 Å². The molecule has 24 aromatic rings. The van der Waals surface area contributed by atoms with E-state index < -0.39 is 0 Å². The van der Waals surface area contributed by atoms with Gasteiger partial charge in [-0.15, -0.1) is 0 Å². The van der Waals surface area contributed by atoms with Crippen LogP contribution in [-0.4, -0.2) is 9.55 Å². The number of H-pyrrole nitrogens is 1. The van der Waals surface area contributed by atoms with Crippen LogP contribution in [0.5, 0.6) is 0 Å². The molecule has 2 heterocycles. The van der Waals surface area contributed by atoms with E-state index >= 15 is 0 Å². The Balaban J connectivity index is 0.000000113. The van der Waals surface area contributed by atoms with Gasteiger partial charge in [-0.3, -0.25) is 0 Å². The highest BCUT2D eigenvalue weighted by atomic mass is 79.9. The first-order valence-corrected chi connectivity index (χ1v) is 41.9. The molecule has 1 N–H and O–H groups in total. The van der Waals surface area contributed by atoms with E-state index in [4.69, 9.17) is 0 Å². The Bertz CT molecular complexity index is 8150. The zero-order valence-corrected chi connectivity index (χ0v) is 66.3. The van der Waals surface area contributed by atoms with Crippen molar-refractivity contribution in [1.29, 1.82) is 0 Å². The second kappa shape index (κ2) is 27.6. The molecular weight excluding hydrogens is 1500 g/mol. The number of aromatic amines is 1. The molecule has 0 radical (unpaired) electrons. The van der Waals surface area contributed by atoms with Gasteiger partial charge >= 0.3 is 0 Å². The summed E-state index contributed by atoms with van der Waals surface area (Å²) in [6.07, 6.45) is 0. The molecule has 2 aromatic heterocycles. The Labute approximate surface area is 696 Å². The van der Waals surface area contributed by atoms with Crippen LogP contribution in [0.4, 0.5) is 0 Å². The van der Waals surface area contributed by atoms with Gasteiger partial charge in [-0.05, 0) is 228 Å². The smallest absolute Gasteiger partial charge is 0.0547 e. The lowest BCUT2D eigenvalue weighted by Crippen LogP contribution is -1.96. The number of hydrogen-bond donors (Lipinski definition) is 1. The third kappa shape index (κ3) is 10.7. The van der Waals surface area contributed by atoms with E-state index in [0.29, 0.717) is 0 Å². The summed E-state index contributed by atoms with van der Waals surface area (Å²) in [5.74, 6) is 0. The van der Waals surface area contributed by atoms with Crippen molar-refractivity contribution in [3.63, 3.8) is 0 Å². The summed E-state index contributed by atoms with van der Waals surface area (Å²) in [7, 11) is 0. The molecule has 2 aliphatic rings. The van der Waals surface area contributed by atoms with Crippen molar-refractivity contribution in [3.8, 4) is 117 Å². The largest absolute Gasteiger partial charge is 0.354 e. The third-order valence-electron chi connectivity index (χ3n) is 25.3. The van der Waals surface area contributed by atoms with Crippen LogP contribution in [0.25, 0.3) is 247 Å². The van der Waals surface area contributed by atoms with Crippen molar-refractivity contribution in [1.82, 2.24) is 9.55 Å². The van der Waals surface area contributed by atoms with Crippen LogP contribution in [0.3, 0.4) is 0 Å². The van der Waals surface area contributed by atoms with E-state index in [0.717, 1.165) is 4.47 Å². The molecule has 3 heteroatoms. The van der Waals surface area contributed by atoms with Crippen LogP contribution in [0.15, 0.2) is 429 Å². The van der Waals surface area contributed by atoms with Gasteiger partial charge in [0.2, 0.25) is 0 Å². The summed E-state index contributed by atoms with van der Waals surface area (Å²) >= 11 is 3.81. The van der Waals surface area contributed by atoms with Crippen LogP contribution in [0.1, 0.15) is 0 Å². The van der Waals surface area contributed by atoms with E-state index in [9.17, 15) is 0 Å². The first kappa shape index (κ1) is 68.4. The molecule has 0 fully saturated rings. The second-order valence-corrected chi connectivity index (χ2v) is 32.5. The van der Waals surface area contributed by atoms with Crippen molar-refractivity contribution < 1.29 is 0 Å². The zero-order valence-electron chi connectivity index (χ0n) is 64.7. The average Bonchev–Trinajstić information content (AvgIpc) is 1.54. The molecule has 552 valence electrons. The maximum absolute atomic E-state index is 3.81. The van der Waals surface area contributed by atoms with Gasteiger partial charge in [-0.2, -0.15) is 0 Å². The first-order valence-electron chi connectivity index (χ1n) is 41.1. The third-order valence-corrected chi connectivity index (χ3v) is 26.0. The second-order valence-electron chi connectivity index (χ2n) is 31.6. The number of rotatable bonds is 7. The molecule has 0 saturated heterocycles. The van der Waals surface area contributed by atoms with E-state index in [-0.39, 0.29) is 0 Å². The molecule has 2 aliphatic carbocycles. The van der Waals surface area contributed by atoms with Gasteiger partial charge in [0.1, 0.15) is 0 Å². The van der Waals surface area contributed by atoms with Gasteiger partial charge in [-0.1, -0.05) is 404 Å². The van der Waals surface area contributed by atoms with Gasteiger partial charge < -0.3 is 9.55 Å². The minimum Gasteiger partial charge on any atom is -0.354 e. The van der Waals surface area contributed by atoms with E-state index in [1.165, 1.54) is 247 Å². The van der Waals surface area contributed by atoms with Gasteiger partial charge in [0.25, 0.3) is 0 Å². The molecule has 0 spiro atoms. The molecular formula is C116H71BrN2. The lowest BCUT2D eigenvalue weighted by Gasteiger charge is -2.20. The van der Waals surface area contributed by atoms with Gasteiger partial charge in [-0.25, -0.2) is 0 Å². The van der Waals surface area contributed by atoms with Gasteiger partial charge in [0.15, 0.2) is 0 Å². The summed E-state index contributed by atoms with van der Waals surface area (Å²) < 4.78 is 3.69. The number of benzene rings is 22. The van der Waals surface area contributed by atoms with Gasteiger partial charge in [0, 0.05) is 42.4 Å². The molecule has 0 unspecified atom stereocenters. The van der Waals surface area contributed by atoms with Crippen molar-refractivity contribution in [2.24, 2.45) is 0 Å². The molecule has 119 heavy (non-hydrogen) atoms. The average molecular weight is 1570 g/mol. The van der Waals surface area contributed by atoms with Crippen LogP contribution in [-0.2, 0) is 0 Å². The molecule has 0 saturated carbocycles. The molecule has 0 bridgehead atoms. The fraction of sp³-hybridized carbons (Fsp3) is 0. The SMILES string of the molecule is Brc1ccc2c3c(cccc13)-c1c-2c(-c2ccccc2)c2ccccc2c1-c1ccccc1.c1ccc(-c2c3c(c(-c4ccccc4)c4ccccc24)-c2ccc(-n4c5cc(-c6cccc7ccccc67)ccc5c5c6ccccc6ccc54)c4cccc-3c24)cc1.c1ccc2c(-c3ccc4c(c3)[nH]c3ccc5ccccc5c34)cccc2c1. The maximum atomic E-state index is 3.81. The maximum Gasteiger partial charge on any atom is 0.0547 e. The number of nitrogens with zero attached hydrogens (tertiary/aromatic N) is 1. The zero-order chi connectivity index (χ0) is 78.3. The molecule has 0 aliphatic heterocycles. The lowest BCUT2D eigenvalue weighted by atomic mass is 9.82. The highest BCUT2D eigenvalue weighted by molar-refractivity contribution is 9.10.